The minimum absolute atomic E-state index is 0.0337. The van der Waals surface area contributed by atoms with E-state index in [9.17, 15) is 12.8 Å². The van der Waals surface area contributed by atoms with Gasteiger partial charge in [0.1, 0.15) is 11.6 Å². The van der Waals surface area contributed by atoms with Crippen molar-refractivity contribution in [3.63, 3.8) is 0 Å². The molecular weight excluding hydrogens is 295 g/mol. The van der Waals surface area contributed by atoms with Crippen molar-refractivity contribution in [3.8, 4) is 5.75 Å². The number of benzene rings is 1. The Labute approximate surface area is 112 Å². The molecule has 7 nitrogen and oxygen atoms in total. The Morgan fingerprint density at radius 2 is 2.16 bits per heavy atom. The first-order chi connectivity index (χ1) is 8.92. The van der Waals surface area contributed by atoms with Gasteiger partial charge in [-0.1, -0.05) is 11.3 Å². The van der Waals surface area contributed by atoms with Crippen LogP contribution in [0.2, 0.25) is 0 Å². The van der Waals surface area contributed by atoms with Crippen LogP contribution < -0.4 is 15.2 Å². The van der Waals surface area contributed by atoms with Crippen LogP contribution in [-0.4, -0.2) is 25.7 Å². The number of nitrogen functional groups attached to an aromatic ring is 1. The number of rotatable bonds is 4. The average molecular weight is 304 g/mol. The highest BCUT2D eigenvalue weighted by Gasteiger charge is 2.21. The zero-order valence-electron chi connectivity index (χ0n) is 9.62. The van der Waals surface area contributed by atoms with E-state index in [1.165, 1.54) is 13.2 Å². The molecule has 1 heterocycles. The van der Waals surface area contributed by atoms with Crippen LogP contribution in [0, 0.1) is 5.82 Å². The van der Waals surface area contributed by atoms with E-state index in [-0.39, 0.29) is 20.9 Å². The molecule has 102 valence electrons. The molecule has 19 heavy (non-hydrogen) atoms. The molecule has 1 aromatic carbocycles. The van der Waals surface area contributed by atoms with Gasteiger partial charge in [0.05, 0.1) is 12.8 Å². The van der Waals surface area contributed by atoms with E-state index in [2.05, 4.69) is 14.9 Å². The number of ether oxygens (including phenoxy) is 1. The van der Waals surface area contributed by atoms with Crippen molar-refractivity contribution in [1.82, 2.24) is 10.2 Å². The summed E-state index contributed by atoms with van der Waals surface area (Å²) in [5, 5.41) is 6.89. The summed E-state index contributed by atoms with van der Waals surface area (Å²) in [5.74, 6) is -0.485. The molecule has 0 aliphatic rings. The van der Waals surface area contributed by atoms with Gasteiger partial charge in [-0.15, -0.1) is 10.2 Å². The van der Waals surface area contributed by atoms with Crippen molar-refractivity contribution >= 4 is 32.2 Å². The molecule has 0 spiro atoms. The molecule has 0 aliphatic carbocycles. The Morgan fingerprint density at radius 3 is 2.74 bits per heavy atom. The van der Waals surface area contributed by atoms with Gasteiger partial charge in [-0.25, -0.2) is 4.39 Å². The number of aromatic nitrogens is 2. The second kappa shape index (κ2) is 4.97. The lowest BCUT2D eigenvalue weighted by atomic mass is 10.3. The van der Waals surface area contributed by atoms with Crippen LogP contribution in [0.1, 0.15) is 0 Å². The van der Waals surface area contributed by atoms with Gasteiger partial charge in [0.15, 0.2) is 0 Å². The Hall–Kier alpha value is -1.94. The molecule has 0 unspecified atom stereocenters. The molecule has 0 atom stereocenters. The number of sulfonamides is 1. The van der Waals surface area contributed by atoms with Crippen LogP contribution in [0.15, 0.2) is 22.5 Å². The topological polar surface area (TPSA) is 107 Å². The molecule has 2 rings (SSSR count). The van der Waals surface area contributed by atoms with E-state index >= 15 is 0 Å². The second-order valence-electron chi connectivity index (χ2n) is 3.36. The lowest BCUT2D eigenvalue weighted by Gasteiger charge is -2.09. The monoisotopic (exact) mass is 304 g/mol. The van der Waals surface area contributed by atoms with Gasteiger partial charge >= 0.3 is 0 Å². The predicted molar refractivity (Wildman–Crippen MR) is 68.1 cm³/mol. The summed E-state index contributed by atoms with van der Waals surface area (Å²) in [6, 6.07) is 3.41. The molecule has 0 aliphatic heterocycles. The van der Waals surface area contributed by atoms with Crippen molar-refractivity contribution in [2.45, 2.75) is 4.34 Å². The highest BCUT2D eigenvalue weighted by molar-refractivity contribution is 7.94. The van der Waals surface area contributed by atoms with Gasteiger partial charge in [0.25, 0.3) is 14.4 Å². The number of hydrogen-bond acceptors (Lipinski definition) is 7. The first kappa shape index (κ1) is 13.5. The fourth-order valence-corrected chi connectivity index (χ4v) is 3.12. The first-order valence-electron chi connectivity index (χ1n) is 4.88. The lowest BCUT2D eigenvalue weighted by Crippen LogP contribution is -2.13. The summed E-state index contributed by atoms with van der Waals surface area (Å²) in [6.45, 7) is 0. The van der Waals surface area contributed by atoms with Crippen molar-refractivity contribution in [3.05, 3.63) is 24.0 Å². The number of nitrogens with zero attached hydrogens (tertiary/aromatic N) is 2. The second-order valence-corrected chi connectivity index (χ2v) is 6.22. The Kier molecular flexibility index (Phi) is 3.53. The van der Waals surface area contributed by atoms with Gasteiger partial charge in [-0.05, 0) is 12.1 Å². The molecule has 0 fully saturated rings. The quantitative estimate of drug-likeness (QED) is 0.875. The number of nitrogens with two attached hydrogens (primary N) is 1. The van der Waals surface area contributed by atoms with Gasteiger partial charge < -0.3 is 10.5 Å². The smallest absolute Gasteiger partial charge is 0.291 e. The normalized spacial score (nSPS) is 11.3. The third kappa shape index (κ3) is 2.90. The van der Waals surface area contributed by atoms with E-state index in [4.69, 9.17) is 10.5 Å². The molecule has 0 saturated carbocycles. The maximum absolute atomic E-state index is 13.0. The molecule has 1 aromatic heterocycles. The number of anilines is 2. The summed E-state index contributed by atoms with van der Waals surface area (Å²) in [7, 11) is -2.62. The fraction of sp³-hybridized carbons (Fsp3) is 0.111. The van der Waals surface area contributed by atoms with Gasteiger partial charge in [0.2, 0.25) is 5.13 Å². The van der Waals surface area contributed by atoms with Crippen LogP contribution >= 0.6 is 11.3 Å². The van der Waals surface area contributed by atoms with E-state index < -0.39 is 15.8 Å². The van der Waals surface area contributed by atoms with E-state index in [0.717, 1.165) is 23.5 Å². The Bertz CT molecular complexity index is 701. The molecule has 0 bridgehead atoms. The van der Waals surface area contributed by atoms with Gasteiger partial charge in [0, 0.05) is 6.07 Å². The molecule has 3 N–H and O–H groups in total. The average Bonchev–Trinajstić information content (AvgIpc) is 2.79. The number of methoxy groups -OCH3 is 1. The summed E-state index contributed by atoms with van der Waals surface area (Å²) in [5.41, 5.74) is 5.42. The van der Waals surface area contributed by atoms with Crippen LogP contribution in [0.3, 0.4) is 0 Å². The first-order valence-corrected chi connectivity index (χ1v) is 7.17. The van der Waals surface area contributed by atoms with Gasteiger partial charge in [-0.3, -0.25) is 4.72 Å². The van der Waals surface area contributed by atoms with Crippen molar-refractivity contribution in [2.24, 2.45) is 0 Å². The Balaban J connectivity index is 2.35. The maximum atomic E-state index is 13.0. The maximum Gasteiger partial charge on any atom is 0.291 e. The third-order valence-corrected chi connectivity index (χ3v) is 4.55. The Morgan fingerprint density at radius 1 is 1.42 bits per heavy atom. The zero-order chi connectivity index (χ0) is 14.0. The van der Waals surface area contributed by atoms with Gasteiger partial charge in [-0.2, -0.15) is 8.42 Å². The third-order valence-electron chi connectivity index (χ3n) is 2.06. The van der Waals surface area contributed by atoms with Crippen molar-refractivity contribution in [2.75, 3.05) is 17.6 Å². The molecular formula is C9H9FN4O3S2. The minimum atomic E-state index is -3.93. The summed E-state index contributed by atoms with van der Waals surface area (Å²) in [4.78, 5) is 0. The van der Waals surface area contributed by atoms with Crippen LogP contribution in [-0.2, 0) is 10.0 Å². The standard InChI is InChI=1S/C9H9FN4O3S2/c1-17-7-4-5(10)2-3-6(7)14-19(15,16)9-13-12-8(11)18-9/h2-4,14H,1H3,(H2,11,12). The molecule has 2 aromatic rings. The largest absolute Gasteiger partial charge is 0.494 e. The van der Waals surface area contributed by atoms with E-state index in [1.54, 1.807) is 0 Å². The van der Waals surface area contributed by atoms with Crippen LogP contribution in [0.25, 0.3) is 0 Å². The molecule has 0 radical (unpaired) electrons. The summed E-state index contributed by atoms with van der Waals surface area (Å²) < 4.78 is 43.8. The minimum Gasteiger partial charge on any atom is -0.494 e. The molecule has 10 heteroatoms. The fourth-order valence-electron chi connectivity index (χ4n) is 1.27. The summed E-state index contributed by atoms with van der Waals surface area (Å²) >= 11 is 0.721. The summed E-state index contributed by atoms with van der Waals surface area (Å²) in [6.07, 6.45) is 0. The number of halogens is 1. The number of hydrogen-bond donors (Lipinski definition) is 2. The highest BCUT2D eigenvalue weighted by atomic mass is 32.2. The zero-order valence-corrected chi connectivity index (χ0v) is 11.3. The van der Waals surface area contributed by atoms with E-state index in [1.807, 2.05) is 0 Å². The van der Waals surface area contributed by atoms with Crippen molar-refractivity contribution in [1.29, 1.82) is 0 Å². The van der Waals surface area contributed by atoms with Crippen LogP contribution in [0.4, 0.5) is 15.2 Å². The molecule has 0 saturated heterocycles. The van der Waals surface area contributed by atoms with Crippen LogP contribution in [0.5, 0.6) is 5.75 Å². The highest BCUT2D eigenvalue weighted by Crippen LogP contribution is 2.28. The predicted octanol–water partition coefficient (Wildman–Crippen LogP) is 1.07. The van der Waals surface area contributed by atoms with E-state index in [0.29, 0.717) is 0 Å². The SMILES string of the molecule is COc1cc(F)ccc1NS(=O)(=O)c1nnc(N)s1. The lowest BCUT2D eigenvalue weighted by molar-refractivity contribution is 0.413. The van der Waals surface area contributed by atoms with Crippen molar-refractivity contribution < 1.29 is 17.5 Å². The molecule has 0 amide bonds. The number of nitrogens with one attached hydrogen (secondary N) is 1.